The minimum Gasteiger partial charge on any atom is -0.343 e. The summed E-state index contributed by atoms with van der Waals surface area (Å²) in [6.07, 6.45) is 0.143. The molecule has 0 radical (unpaired) electrons. The number of benzene rings is 2. The van der Waals surface area contributed by atoms with Gasteiger partial charge in [0.1, 0.15) is 59.9 Å². The number of halogens is 4. The Labute approximate surface area is 602 Å². The van der Waals surface area contributed by atoms with Gasteiger partial charge in [-0.25, -0.2) is 0 Å². The first-order chi connectivity index (χ1) is 48.1. The molecule has 10 atom stereocenters. The molecule has 28 heteroatoms. The summed E-state index contributed by atoms with van der Waals surface area (Å²) >= 11 is 6.17. The fourth-order valence-electron chi connectivity index (χ4n) is 15.4. The molecule has 2 aromatic rings. The Morgan fingerprint density at radius 1 is 0.657 bits per heavy atom. The van der Waals surface area contributed by atoms with E-state index in [-0.39, 0.29) is 76.9 Å². The maximum absolute atomic E-state index is 15.6. The molecule has 102 heavy (non-hydrogen) atoms. The number of carbonyl (C=O) groups is 12. The molecular weight excluding hydrogens is 1340 g/mol. The molecule has 4 saturated heterocycles. The van der Waals surface area contributed by atoms with Crippen LogP contribution in [0.15, 0.2) is 42.5 Å². The summed E-state index contributed by atoms with van der Waals surface area (Å²) in [6.45, 7) is 12.6. The molecule has 2 aromatic carbocycles. The van der Waals surface area contributed by atoms with Crippen LogP contribution >= 0.6 is 11.6 Å². The topological polar surface area (TPSA) is 270 Å². The van der Waals surface area contributed by atoms with Crippen LogP contribution in [0.3, 0.4) is 0 Å². The van der Waals surface area contributed by atoms with Crippen LogP contribution in [0.2, 0.25) is 5.02 Å². The number of fused-ring (bicyclic) bond motifs is 2. The van der Waals surface area contributed by atoms with Gasteiger partial charge in [-0.2, -0.15) is 13.2 Å². The van der Waals surface area contributed by atoms with Crippen molar-refractivity contribution in [3.8, 4) is 0 Å². The number of nitrogens with zero attached hydrogens (tertiary/aromatic N) is 9. The van der Waals surface area contributed by atoms with Gasteiger partial charge in [-0.1, -0.05) is 107 Å². The average molecular weight is 1450 g/mol. The molecule has 0 bridgehead atoms. The van der Waals surface area contributed by atoms with Crippen LogP contribution in [0.4, 0.5) is 13.2 Å². The first kappa shape index (κ1) is 79.9. The van der Waals surface area contributed by atoms with Gasteiger partial charge in [0, 0.05) is 74.4 Å². The smallest absolute Gasteiger partial charge is 0.343 e. The first-order valence-corrected chi connectivity index (χ1v) is 36.9. The van der Waals surface area contributed by atoms with E-state index in [1.54, 1.807) is 18.7 Å². The summed E-state index contributed by atoms with van der Waals surface area (Å²) in [4.78, 5) is 193. The van der Waals surface area contributed by atoms with Crippen LogP contribution < -0.4 is 16.0 Å². The standard InChI is InChI=1S/C74H106ClF3N12O12/c1-13-46(6)61-70(100)83(9)47(7)65(95)90-38-32-55(90)69(99)88(14-2)58(41-49-26-24-45(5)25-27-49)67(97)82(8)43-59(91)79-53(31-29-48-28-30-51(52(75)40-48)74(76,77)78)66(96)89-37-19-23-54(89)64(94)81-73(33-17-18-34-73)72(102)86(12)62(50-21-15-16-22-50)71(101)85(11)57(68(98)87-35-20-36-87)42-60(92)84(10)56(39-44(3)4)63(93)80-61/h24-28,30,40,44,46-47,50,53-58,61-62H,13-23,29,31-39,41-43H2,1-12H3,(H,79,91)(H,80,93)(H,81,94)/t46-,47-,53-,54-,55-,56-,57-,58-,61-,62-/m0/s1. The Hall–Kier alpha value is -7.84. The largest absolute Gasteiger partial charge is 0.417 e. The molecule has 12 amide bonds. The molecule has 8 rings (SSSR count). The lowest BCUT2D eigenvalue weighted by atomic mass is 9.90. The monoisotopic (exact) mass is 1450 g/mol. The zero-order chi connectivity index (χ0) is 75.0. The molecule has 6 aliphatic rings. The second-order valence-corrected chi connectivity index (χ2v) is 30.1. The Balaban J connectivity index is 1.19. The van der Waals surface area contributed by atoms with Crippen molar-refractivity contribution in [3.63, 3.8) is 0 Å². The zero-order valence-electron chi connectivity index (χ0n) is 61.4. The number of amides is 12. The van der Waals surface area contributed by atoms with E-state index in [0.29, 0.717) is 69.2 Å². The highest BCUT2D eigenvalue weighted by Gasteiger charge is 2.52. The SMILES string of the molecule is CC[C@H](C)[C@@H]1NC(=O)[C@H](CC(C)C)N(C)C(=O)C[C@@H](C(=O)N2CCC2)N(C)C(=O)[C@H](C2CCCC2)N(C)C(=O)C2(CCCC2)NC(=O)[C@@H]2CCCN2C(=O)[C@H](CCc2ccc(C(F)(F)F)c(Cl)c2)NC(=O)CN(C)C(=O)[C@H](Cc2ccc(C)cc2)N(CC)C(=O)[C@@H]2CCN2C(=O)[C@H](C)N(C)C1=O. The van der Waals surface area contributed by atoms with Crippen LogP contribution in [-0.4, -0.2) is 249 Å². The third-order valence-electron chi connectivity index (χ3n) is 22.3. The van der Waals surface area contributed by atoms with Crippen molar-refractivity contribution in [2.24, 2.45) is 17.8 Å². The molecule has 0 aromatic heterocycles. The summed E-state index contributed by atoms with van der Waals surface area (Å²) in [5.41, 5.74) is -0.773. The van der Waals surface area contributed by atoms with E-state index in [1.165, 1.54) is 82.5 Å². The number of alkyl halides is 3. The Kier molecular flexibility index (Phi) is 26.8. The van der Waals surface area contributed by atoms with Crippen LogP contribution in [-0.2, 0) is 76.6 Å². The number of rotatable bonds is 12. The van der Waals surface area contributed by atoms with Crippen LogP contribution in [0.1, 0.15) is 167 Å². The molecule has 4 aliphatic heterocycles. The van der Waals surface area contributed by atoms with Crippen molar-refractivity contribution in [3.05, 3.63) is 69.7 Å². The maximum Gasteiger partial charge on any atom is 0.417 e. The molecule has 6 fully saturated rings. The Bertz CT molecular complexity index is 3430. The minimum absolute atomic E-state index is 0.0262. The Morgan fingerprint density at radius 2 is 1.29 bits per heavy atom. The van der Waals surface area contributed by atoms with Crippen molar-refractivity contribution in [2.45, 2.75) is 230 Å². The second-order valence-electron chi connectivity index (χ2n) is 29.7. The second kappa shape index (κ2) is 34.2. The van der Waals surface area contributed by atoms with E-state index in [1.807, 2.05) is 52.0 Å². The van der Waals surface area contributed by atoms with Gasteiger partial charge in [0.25, 0.3) is 0 Å². The molecule has 0 unspecified atom stereocenters. The lowest BCUT2D eigenvalue weighted by molar-refractivity contribution is -0.161. The lowest BCUT2D eigenvalue weighted by Crippen LogP contribution is -2.65. The number of carbonyl (C=O) groups excluding carboxylic acids is 12. The van der Waals surface area contributed by atoms with Crippen molar-refractivity contribution in [1.82, 2.24) is 60.0 Å². The number of aryl methyl sites for hydroxylation is 2. The van der Waals surface area contributed by atoms with Gasteiger partial charge in [0.05, 0.1) is 23.6 Å². The van der Waals surface area contributed by atoms with E-state index in [2.05, 4.69) is 16.0 Å². The fraction of sp³-hybridized carbons (Fsp3) is 0.676. The van der Waals surface area contributed by atoms with E-state index >= 15 is 33.6 Å². The van der Waals surface area contributed by atoms with Gasteiger partial charge >= 0.3 is 6.18 Å². The average Bonchev–Trinajstić information content (AvgIpc) is 1.55. The highest BCUT2D eigenvalue weighted by Crippen LogP contribution is 2.39. The molecule has 1 spiro atoms. The van der Waals surface area contributed by atoms with E-state index in [0.717, 1.165) is 35.4 Å². The van der Waals surface area contributed by atoms with Gasteiger partial charge in [-0.3, -0.25) is 57.5 Å². The van der Waals surface area contributed by atoms with E-state index < -0.39 is 172 Å². The van der Waals surface area contributed by atoms with Crippen LogP contribution in [0, 0.1) is 24.7 Å². The van der Waals surface area contributed by atoms with E-state index in [4.69, 9.17) is 11.6 Å². The minimum atomic E-state index is -4.77. The normalized spacial score (nSPS) is 27.0. The van der Waals surface area contributed by atoms with Crippen molar-refractivity contribution >= 4 is 82.5 Å². The quantitative estimate of drug-likeness (QED) is 0.229. The van der Waals surface area contributed by atoms with Crippen LogP contribution in [0.25, 0.3) is 0 Å². The molecule has 2 saturated carbocycles. The third-order valence-corrected chi connectivity index (χ3v) is 22.6. The molecular formula is C74H106ClF3N12O12. The zero-order valence-corrected chi connectivity index (χ0v) is 62.1. The predicted octanol–water partition coefficient (Wildman–Crippen LogP) is 5.75. The van der Waals surface area contributed by atoms with Crippen molar-refractivity contribution in [2.75, 3.05) is 74.5 Å². The number of nitrogens with one attached hydrogen (secondary N) is 3. The molecule has 24 nitrogen and oxygen atoms in total. The Morgan fingerprint density at radius 3 is 1.86 bits per heavy atom. The highest BCUT2D eigenvalue weighted by molar-refractivity contribution is 6.31. The van der Waals surface area contributed by atoms with Crippen molar-refractivity contribution < 1.29 is 70.7 Å². The molecule has 562 valence electrons. The maximum atomic E-state index is 15.6. The van der Waals surface area contributed by atoms with E-state index in [9.17, 15) is 37.1 Å². The van der Waals surface area contributed by atoms with Gasteiger partial charge in [-0.15, -0.1) is 0 Å². The predicted molar refractivity (Wildman–Crippen MR) is 375 cm³/mol. The van der Waals surface area contributed by atoms with Crippen molar-refractivity contribution in [1.29, 1.82) is 0 Å². The summed E-state index contributed by atoms with van der Waals surface area (Å²) in [5, 5.41) is 8.19. The van der Waals surface area contributed by atoms with Gasteiger partial charge in [0.2, 0.25) is 70.9 Å². The molecule has 2 aliphatic carbocycles. The lowest BCUT2D eigenvalue weighted by Gasteiger charge is -2.45. The summed E-state index contributed by atoms with van der Waals surface area (Å²) in [6, 6.07) is -0.684. The highest BCUT2D eigenvalue weighted by atomic mass is 35.5. The summed E-state index contributed by atoms with van der Waals surface area (Å²) in [5.74, 6) is -8.77. The van der Waals surface area contributed by atoms with Gasteiger partial charge < -0.3 is 60.0 Å². The molecule has 4 heterocycles. The molecule has 3 N–H and O–H groups in total. The third kappa shape index (κ3) is 18.0. The fourth-order valence-corrected chi connectivity index (χ4v) is 15.8. The number of likely N-dealkylation sites (tertiary alicyclic amines) is 1. The number of hydrogen-bond acceptors (Lipinski definition) is 12. The number of likely N-dealkylation sites (N-methyl/N-ethyl adjacent to an activating group) is 6. The van der Waals surface area contributed by atoms with Gasteiger partial charge in [0.15, 0.2) is 0 Å². The number of hydrogen-bond donors (Lipinski definition) is 3. The summed E-state index contributed by atoms with van der Waals surface area (Å²) in [7, 11) is 7.17. The summed E-state index contributed by atoms with van der Waals surface area (Å²) < 4.78 is 41.7. The van der Waals surface area contributed by atoms with Gasteiger partial charge in [-0.05, 0) is 132 Å². The van der Waals surface area contributed by atoms with Crippen LogP contribution in [0.5, 0.6) is 0 Å². The first-order valence-electron chi connectivity index (χ1n) is 36.5.